The van der Waals surface area contributed by atoms with Gasteiger partial charge in [0.25, 0.3) is 0 Å². The van der Waals surface area contributed by atoms with Gasteiger partial charge in [-0.15, -0.1) is 0 Å². The zero-order chi connectivity index (χ0) is 12.2. The van der Waals surface area contributed by atoms with E-state index in [0.29, 0.717) is 11.3 Å². The minimum Gasteiger partial charge on any atom is -0.472 e. The van der Waals surface area contributed by atoms with Crippen molar-refractivity contribution >= 4 is 15.9 Å². The summed E-state index contributed by atoms with van der Waals surface area (Å²) in [4.78, 5) is 2.35. The molecule has 3 heteroatoms. The van der Waals surface area contributed by atoms with Gasteiger partial charge in [-0.25, -0.2) is 0 Å². The Bertz CT molecular complexity index is 289. The van der Waals surface area contributed by atoms with E-state index in [-0.39, 0.29) is 0 Å². The van der Waals surface area contributed by atoms with Crippen LogP contribution in [-0.4, -0.2) is 23.8 Å². The summed E-state index contributed by atoms with van der Waals surface area (Å²) in [5.41, 5.74) is 1.58. The molecule has 2 nitrogen and oxygen atoms in total. The lowest BCUT2D eigenvalue weighted by atomic mass is 9.82. The largest absolute Gasteiger partial charge is 0.472 e. The molecule has 0 aromatic carbocycles. The Balaban J connectivity index is 2.46. The molecule has 1 heterocycles. The molecule has 1 rings (SSSR count). The number of nitrogens with zero attached hydrogens (tertiary/aromatic N) is 1. The van der Waals surface area contributed by atoms with Gasteiger partial charge in [-0.05, 0) is 24.4 Å². The molecule has 0 saturated carbocycles. The van der Waals surface area contributed by atoms with Gasteiger partial charge in [0.15, 0.2) is 0 Å². The minimum atomic E-state index is 0.341. The molecule has 0 bridgehead atoms. The number of halogens is 1. The first-order valence-corrected chi connectivity index (χ1v) is 6.81. The lowest BCUT2D eigenvalue weighted by Gasteiger charge is -2.32. The fourth-order valence-corrected chi connectivity index (χ4v) is 2.87. The highest BCUT2D eigenvalue weighted by Gasteiger charge is 2.24. The van der Waals surface area contributed by atoms with Crippen molar-refractivity contribution in [3.05, 3.63) is 24.2 Å². The number of hydrogen-bond acceptors (Lipinski definition) is 2. The topological polar surface area (TPSA) is 16.4 Å². The molecule has 92 valence electrons. The van der Waals surface area contributed by atoms with Crippen molar-refractivity contribution in [2.75, 3.05) is 18.9 Å². The van der Waals surface area contributed by atoms with Crippen molar-refractivity contribution in [3.63, 3.8) is 0 Å². The van der Waals surface area contributed by atoms with Crippen molar-refractivity contribution < 1.29 is 4.42 Å². The molecule has 1 aromatic heterocycles. The van der Waals surface area contributed by atoms with Gasteiger partial charge in [-0.2, -0.15) is 0 Å². The predicted octanol–water partition coefficient (Wildman–Crippen LogP) is 3.77. The summed E-state index contributed by atoms with van der Waals surface area (Å²) in [5, 5.41) is 1.05. The summed E-state index contributed by atoms with van der Waals surface area (Å²) < 4.78 is 5.08. The molecule has 1 atom stereocenters. The van der Waals surface area contributed by atoms with Crippen LogP contribution in [0.3, 0.4) is 0 Å². The highest BCUT2D eigenvalue weighted by molar-refractivity contribution is 9.09. The second kappa shape index (κ2) is 5.87. The lowest BCUT2D eigenvalue weighted by Crippen LogP contribution is -2.34. The third-order valence-corrected chi connectivity index (χ3v) is 3.76. The fourth-order valence-electron chi connectivity index (χ4n) is 1.69. The van der Waals surface area contributed by atoms with Crippen molar-refractivity contribution in [2.24, 2.45) is 11.3 Å². The molecule has 16 heavy (non-hydrogen) atoms. The summed E-state index contributed by atoms with van der Waals surface area (Å²) >= 11 is 3.61. The van der Waals surface area contributed by atoms with Gasteiger partial charge in [-0.1, -0.05) is 36.7 Å². The molecule has 1 aromatic rings. The van der Waals surface area contributed by atoms with Gasteiger partial charge < -0.3 is 9.32 Å². The molecule has 0 aliphatic heterocycles. The van der Waals surface area contributed by atoms with Crippen LogP contribution in [0.1, 0.15) is 26.3 Å². The Kier molecular flexibility index (Phi) is 5.06. The van der Waals surface area contributed by atoms with Crippen LogP contribution in [0.15, 0.2) is 23.0 Å². The van der Waals surface area contributed by atoms with Crippen LogP contribution in [0.5, 0.6) is 0 Å². The third kappa shape index (κ3) is 4.30. The Labute approximate surface area is 107 Å². The fraction of sp³-hybridized carbons (Fsp3) is 0.692. The molecule has 0 saturated heterocycles. The summed E-state index contributed by atoms with van der Waals surface area (Å²) in [6.45, 7) is 8.94. The van der Waals surface area contributed by atoms with Gasteiger partial charge in [0.2, 0.25) is 0 Å². The Morgan fingerprint density at radius 3 is 2.56 bits per heavy atom. The number of alkyl halides is 1. The highest BCUT2D eigenvalue weighted by atomic mass is 79.9. The molecular formula is C13H22BrNO. The maximum atomic E-state index is 5.08. The first-order chi connectivity index (χ1) is 7.43. The average Bonchev–Trinajstić information content (AvgIpc) is 2.64. The van der Waals surface area contributed by atoms with E-state index in [1.807, 2.05) is 12.3 Å². The average molecular weight is 288 g/mol. The van der Waals surface area contributed by atoms with E-state index in [1.165, 1.54) is 5.56 Å². The van der Waals surface area contributed by atoms with E-state index in [9.17, 15) is 0 Å². The zero-order valence-electron chi connectivity index (χ0n) is 10.7. The normalized spacial score (nSPS) is 14.4. The van der Waals surface area contributed by atoms with Crippen molar-refractivity contribution in [1.29, 1.82) is 0 Å². The molecule has 0 amide bonds. The molecule has 0 fully saturated rings. The molecule has 0 aliphatic carbocycles. The van der Waals surface area contributed by atoms with Gasteiger partial charge in [0, 0.05) is 24.0 Å². The highest BCUT2D eigenvalue weighted by Crippen LogP contribution is 2.28. The van der Waals surface area contributed by atoms with E-state index in [2.05, 4.69) is 48.6 Å². The standard InChI is InChI=1S/C13H22BrNO/c1-13(2,3)12(7-14)9-15(4)8-11-5-6-16-10-11/h5-6,10,12H,7-9H2,1-4H3. The monoisotopic (exact) mass is 287 g/mol. The first-order valence-electron chi connectivity index (χ1n) is 5.69. The van der Waals surface area contributed by atoms with Crippen molar-refractivity contribution in [1.82, 2.24) is 4.90 Å². The van der Waals surface area contributed by atoms with Crippen LogP contribution in [0.4, 0.5) is 0 Å². The minimum absolute atomic E-state index is 0.341. The SMILES string of the molecule is CN(Cc1ccoc1)CC(CBr)C(C)(C)C. The maximum absolute atomic E-state index is 5.08. The number of furan rings is 1. The zero-order valence-corrected chi connectivity index (χ0v) is 12.3. The summed E-state index contributed by atoms with van der Waals surface area (Å²) in [6.07, 6.45) is 3.55. The van der Waals surface area contributed by atoms with Crippen molar-refractivity contribution in [3.8, 4) is 0 Å². The van der Waals surface area contributed by atoms with Crippen LogP contribution in [-0.2, 0) is 6.54 Å². The second-order valence-electron chi connectivity index (χ2n) is 5.55. The molecule has 0 spiro atoms. The van der Waals surface area contributed by atoms with Crippen LogP contribution in [0, 0.1) is 11.3 Å². The van der Waals surface area contributed by atoms with Gasteiger partial charge in [-0.3, -0.25) is 0 Å². The van der Waals surface area contributed by atoms with E-state index in [1.54, 1.807) is 6.26 Å². The Hall–Kier alpha value is -0.280. The summed E-state index contributed by atoms with van der Waals surface area (Å²) in [7, 11) is 2.16. The Morgan fingerprint density at radius 1 is 1.44 bits per heavy atom. The van der Waals surface area contributed by atoms with Crippen LogP contribution in [0.25, 0.3) is 0 Å². The smallest absolute Gasteiger partial charge is 0.0947 e. The van der Waals surface area contributed by atoms with E-state index in [0.717, 1.165) is 18.4 Å². The molecule has 1 unspecified atom stereocenters. The van der Waals surface area contributed by atoms with Crippen molar-refractivity contribution in [2.45, 2.75) is 27.3 Å². The predicted molar refractivity (Wildman–Crippen MR) is 71.8 cm³/mol. The second-order valence-corrected chi connectivity index (χ2v) is 6.19. The lowest BCUT2D eigenvalue weighted by molar-refractivity contribution is 0.183. The van der Waals surface area contributed by atoms with E-state index in [4.69, 9.17) is 4.42 Å². The van der Waals surface area contributed by atoms with Crippen LogP contribution in [0.2, 0.25) is 0 Å². The van der Waals surface area contributed by atoms with E-state index < -0.39 is 0 Å². The quantitative estimate of drug-likeness (QED) is 0.767. The summed E-state index contributed by atoms with van der Waals surface area (Å²) in [5.74, 6) is 0.657. The van der Waals surface area contributed by atoms with Crippen LogP contribution < -0.4 is 0 Å². The molecule has 0 N–H and O–H groups in total. The first kappa shape index (κ1) is 13.8. The Morgan fingerprint density at radius 2 is 2.12 bits per heavy atom. The molecule has 0 radical (unpaired) electrons. The van der Waals surface area contributed by atoms with Crippen LogP contribution >= 0.6 is 15.9 Å². The molecular weight excluding hydrogens is 266 g/mol. The maximum Gasteiger partial charge on any atom is 0.0947 e. The van der Waals surface area contributed by atoms with E-state index >= 15 is 0 Å². The molecule has 0 aliphatic rings. The van der Waals surface area contributed by atoms with Gasteiger partial charge in [0.05, 0.1) is 12.5 Å². The number of hydrogen-bond donors (Lipinski definition) is 0. The van der Waals surface area contributed by atoms with Gasteiger partial charge >= 0.3 is 0 Å². The summed E-state index contributed by atoms with van der Waals surface area (Å²) in [6, 6.07) is 2.02. The number of rotatable bonds is 5. The third-order valence-electron chi connectivity index (χ3n) is 2.98. The van der Waals surface area contributed by atoms with Gasteiger partial charge in [0.1, 0.15) is 0 Å².